The third-order valence-corrected chi connectivity index (χ3v) is 12.4. The second kappa shape index (κ2) is 33.3. The van der Waals surface area contributed by atoms with Crippen LogP contribution in [0.3, 0.4) is 0 Å². The Balaban J connectivity index is 0.000000951. The fourth-order valence-corrected chi connectivity index (χ4v) is 8.58. The van der Waals surface area contributed by atoms with Crippen molar-refractivity contribution < 1.29 is 27.5 Å². The van der Waals surface area contributed by atoms with Crippen molar-refractivity contribution in [3.8, 4) is 0 Å². The molecule has 336 valence electrons. The molecule has 3 rings (SSSR count). The van der Waals surface area contributed by atoms with Crippen LogP contribution < -0.4 is 0 Å². The summed E-state index contributed by atoms with van der Waals surface area (Å²) in [5.74, 6) is 0. The second-order valence-electron chi connectivity index (χ2n) is 16.5. The summed E-state index contributed by atoms with van der Waals surface area (Å²) in [4.78, 5) is 0. The average molecular weight is 856 g/mol. The molecule has 0 bridgehead atoms. The van der Waals surface area contributed by atoms with Crippen molar-refractivity contribution in [1.29, 1.82) is 0 Å². The molecule has 2 aromatic rings. The van der Waals surface area contributed by atoms with Crippen molar-refractivity contribution in [1.82, 2.24) is 0 Å². The summed E-state index contributed by atoms with van der Waals surface area (Å²) in [7, 11) is 0. The molecule has 0 amide bonds. The summed E-state index contributed by atoms with van der Waals surface area (Å²) in [6.07, 6.45) is 37.4. The zero-order valence-corrected chi connectivity index (χ0v) is 40.6. The van der Waals surface area contributed by atoms with Gasteiger partial charge < -0.3 is 5.53 Å². The summed E-state index contributed by atoms with van der Waals surface area (Å²) >= 11 is 0.968. The van der Waals surface area contributed by atoms with Gasteiger partial charge in [0, 0.05) is 17.2 Å². The van der Waals surface area contributed by atoms with Crippen LogP contribution in [0.25, 0.3) is 16.9 Å². The molecule has 0 spiro atoms. The van der Waals surface area contributed by atoms with E-state index in [1.165, 1.54) is 141 Å². The van der Waals surface area contributed by atoms with Crippen LogP contribution in [0.15, 0.2) is 48.1 Å². The summed E-state index contributed by atoms with van der Waals surface area (Å²) in [6.45, 7) is 21.9. The first-order valence-corrected chi connectivity index (χ1v) is 25.4. The van der Waals surface area contributed by atoms with Gasteiger partial charge in [-0.1, -0.05) is 131 Å². The number of aryl methyl sites for hydroxylation is 4. The van der Waals surface area contributed by atoms with Gasteiger partial charge in [-0.3, -0.25) is 0 Å². The molecule has 2 aromatic carbocycles. The third kappa shape index (κ3) is 19.1. The normalized spacial score (nSPS) is 12.9. The van der Waals surface area contributed by atoms with E-state index in [4.69, 9.17) is 7.76 Å². The Morgan fingerprint density at radius 3 is 1.34 bits per heavy atom. The third-order valence-electron chi connectivity index (χ3n) is 11.7. The van der Waals surface area contributed by atoms with Crippen LogP contribution in [0.2, 0.25) is 0 Å². The molecule has 1 aliphatic rings. The Hall–Kier alpha value is -2.33. The van der Waals surface area contributed by atoms with E-state index in [9.17, 15) is 5.53 Å². The van der Waals surface area contributed by atoms with Crippen molar-refractivity contribution in [3.63, 3.8) is 0 Å². The van der Waals surface area contributed by atoms with Gasteiger partial charge in [-0.15, -0.1) is 0 Å². The number of hydrogen-bond donors (Lipinski definition) is 0. The first kappa shape index (κ1) is 52.8. The number of allylic oxidation sites excluding steroid dienone is 4. The van der Waals surface area contributed by atoms with Crippen molar-refractivity contribution in [2.24, 2.45) is 0 Å². The summed E-state index contributed by atoms with van der Waals surface area (Å²) < 4.78 is 11.8. The predicted octanol–water partition coefficient (Wildman–Crippen LogP) is 16.8. The van der Waals surface area contributed by atoms with Crippen LogP contribution in [-0.4, -0.2) is 17.9 Å². The Labute approximate surface area is 371 Å². The minimum absolute atomic E-state index is 0.808. The average Bonchev–Trinajstić information content (AvgIpc) is 3.59. The van der Waals surface area contributed by atoms with Crippen molar-refractivity contribution in [3.05, 3.63) is 98.1 Å². The molecule has 1 aliphatic heterocycles. The quantitative estimate of drug-likeness (QED) is 0.0418. The Bertz CT molecular complexity index is 1500. The van der Waals surface area contributed by atoms with E-state index in [1.54, 1.807) is 0 Å². The van der Waals surface area contributed by atoms with Gasteiger partial charge in [-0.05, 0) is 122 Å². The number of rotatable bonds is 32. The Kier molecular flexibility index (Phi) is 29.8. The van der Waals surface area contributed by atoms with E-state index in [0.717, 1.165) is 114 Å². The van der Waals surface area contributed by atoms with Crippen molar-refractivity contribution >= 4 is 11.4 Å². The van der Waals surface area contributed by atoms with E-state index in [-0.39, 0.29) is 0 Å². The van der Waals surface area contributed by atoms with E-state index in [0.29, 0.717) is 0 Å². The number of unbranched alkanes of at least 4 members (excludes halogenated alkanes) is 14. The molecule has 0 saturated carbocycles. The van der Waals surface area contributed by atoms with Crippen LogP contribution in [0.4, 0.5) is 0 Å². The molecule has 0 unspecified atom stereocenters. The van der Waals surface area contributed by atoms with Crippen molar-refractivity contribution in [2.45, 2.75) is 223 Å². The molecule has 4 nitrogen and oxygen atoms in total. The van der Waals surface area contributed by atoms with Crippen LogP contribution >= 0.6 is 0 Å². The SMILES string of the molecule is CCCCCCCCCCCCC=CC1=C(c2cc(CC)c(CCCC)c(CC)c2)[N+](=[N-])C(c2cc(CC)c(CCCC)c(CC)c2)=C1.CCCC[O][Ni][O]CCCC. The zero-order chi connectivity index (χ0) is 43.1. The topological polar surface area (TPSA) is 43.8 Å². The second-order valence-corrected chi connectivity index (χ2v) is 17.3. The Morgan fingerprint density at radius 2 is 0.915 bits per heavy atom. The Morgan fingerprint density at radius 1 is 0.508 bits per heavy atom. The predicted molar refractivity (Wildman–Crippen MR) is 253 cm³/mol. The van der Waals surface area contributed by atoms with Gasteiger partial charge in [0.2, 0.25) is 11.4 Å². The molecule has 59 heavy (non-hydrogen) atoms. The van der Waals surface area contributed by atoms with Crippen LogP contribution in [0, 0.1) is 0 Å². The van der Waals surface area contributed by atoms with E-state index in [2.05, 4.69) is 105 Å². The summed E-state index contributed by atoms with van der Waals surface area (Å²) in [5, 5.41) is 0. The van der Waals surface area contributed by atoms with Gasteiger partial charge in [-0.2, -0.15) is 0 Å². The summed E-state index contributed by atoms with van der Waals surface area (Å²) in [6, 6.07) is 9.46. The number of hydrogen-bond acceptors (Lipinski definition) is 2. The first-order chi connectivity index (χ1) is 28.9. The maximum atomic E-state index is 12.1. The molecule has 0 saturated heterocycles. The molecule has 0 atom stereocenters. The van der Waals surface area contributed by atoms with Gasteiger partial charge in [0.15, 0.2) is 0 Å². The van der Waals surface area contributed by atoms with Gasteiger partial charge >= 0.3 is 75.6 Å². The fraction of sp³-hybridized carbons (Fsp3) is 0.667. The van der Waals surface area contributed by atoms with E-state index < -0.39 is 0 Å². The number of nitrogens with zero attached hydrogens (tertiary/aromatic N) is 2. The van der Waals surface area contributed by atoms with E-state index >= 15 is 0 Å². The first-order valence-electron chi connectivity index (χ1n) is 24.6. The molecule has 0 radical (unpaired) electrons. The minimum atomic E-state index is 0.808. The van der Waals surface area contributed by atoms with Crippen LogP contribution in [0.5, 0.6) is 0 Å². The molecule has 0 aliphatic carbocycles. The van der Waals surface area contributed by atoms with Crippen LogP contribution in [-0.2, 0) is 61.4 Å². The standard InChI is InChI=1S/C46H70N2.2C4H9O.Ni/c1-8-15-18-19-20-21-22-23-24-25-26-27-28-40-35-45(41-31-36(11-4)43(29-16-9-2)37(12-5)32-41)48(47)46(40)42-33-38(13-6)44(30-17-10-3)39(14-7)34-42;2*1-2-3-4-5;/h27-28,31-35H,8-26,29-30H2,1-7H3;2*2-4H2,1H3;/q;2*-1;+2. The van der Waals surface area contributed by atoms with Gasteiger partial charge in [-0.25, -0.2) is 4.70 Å². The van der Waals surface area contributed by atoms with Gasteiger partial charge in [0.25, 0.3) is 0 Å². The molecule has 5 heteroatoms. The zero-order valence-electron chi connectivity index (χ0n) is 39.7. The monoisotopic (exact) mass is 855 g/mol. The maximum absolute atomic E-state index is 12.1. The van der Waals surface area contributed by atoms with Gasteiger partial charge in [0.05, 0.1) is 5.57 Å². The molecule has 0 fully saturated rings. The van der Waals surface area contributed by atoms with Crippen LogP contribution in [0.1, 0.15) is 229 Å². The van der Waals surface area contributed by atoms with Crippen molar-refractivity contribution in [2.75, 3.05) is 13.2 Å². The molecule has 0 N–H and O–H groups in total. The van der Waals surface area contributed by atoms with Gasteiger partial charge in [0.1, 0.15) is 0 Å². The summed E-state index contributed by atoms with van der Waals surface area (Å²) in [5.41, 5.74) is 26.1. The fourth-order valence-electron chi connectivity index (χ4n) is 8.05. The molecular weight excluding hydrogens is 767 g/mol. The molecule has 0 aromatic heterocycles. The number of benzene rings is 2. The molecule has 1 heterocycles. The van der Waals surface area contributed by atoms with E-state index in [1.807, 2.05) is 0 Å². The molecular formula is C54H88N2NiO2.